The van der Waals surface area contributed by atoms with Crippen LogP contribution in [0.2, 0.25) is 0 Å². The van der Waals surface area contributed by atoms with Crippen LogP contribution in [0.15, 0.2) is 30.5 Å². The van der Waals surface area contributed by atoms with Gasteiger partial charge in [0.1, 0.15) is 0 Å². The summed E-state index contributed by atoms with van der Waals surface area (Å²) >= 11 is 0. The van der Waals surface area contributed by atoms with Gasteiger partial charge in [0.15, 0.2) is 0 Å². The van der Waals surface area contributed by atoms with Crippen molar-refractivity contribution in [1.29, 1.82) is 0 Å². The molecule has 1 heterocycles. The molecule has 0 fully saturated rings. The molecule has 0 aliphatic carbocycles. The summed E-state index contributed by atoms with van der Waals surface area (Å²) in [6.07, 6.45) is 3.63. The fourth-order valence-electron chi connectivity index (χ4n) is 1.97. The van der Waals surface area contributed by atoms with Gasteiger partial charge in [-0.25, -0.2) is 4.68 Å². The van der Waals surface area contributed by atoms with E-state index in [0.29, 0.717) is 6.54 Å². The summed E-state index contributed by atoms with van der Waals surface area (Å²) in [6, 6.07) is 6.37. The van der Waals surface area contributed by atoms with Gasteiger partial charge in [0, 0.05) is 12.1 Å². The molecule has 2 aromatic rings. The first-order valence-electron chi connectivity index (χ1n) is 6.49. The summed E-state index contributed by atoms with van der Waals surface area (Å²) in [7, 11) is 0. The standard InChI is InChI=1S/C13H17N5O2/c1-2-4-12(14)13-9-17(16-15-13)8-10-5-3-6-11(7-10)18(19)20/h3,5-7,9,12H,2,4,8,14H2,1H3. The van der Waals surface area contributed by atoms with E-state index < -0.39 is 4.92 Å². The number of aromatic nitrogens is 3. The third-order valence-corrected chi connectivity index (χ3v) is 3.00. The number of nitro benzene ring substituents is 1. The minimum atomic E-state index is -0.409. The predicted molar refractivity (Wildman–Crippen MR) is 74.1 cm³/mol. The average Bonchev–Trinajstić information content (AvgIpc) is 2.88. The Hall–Kier alpha value is -2.28. The summed E-state index contributed by atoms with van der Waals surface area (Å²) in [5, 5.41) is 18.8. The molecular formula is C13H17N5O2. The van der Waals surface area contributed by atoms with Crippen molar-refractivity contribution < 1.29 is 4.92 Å². The molecule has 0 saturated heterocycles. The van der Waals surface area contributed by atoms with Gasteiger partial charge >= 0.3 is 0 Å². The molecule has 0 bridgehead atoms. The molecule has 2 rings (SSSR count). The molecule has 1 unspecified atom stereocenters. The molecule has 20 heavy (non-hydrogen) atoms. The van der Waals surface area contributed by atoms with Gasteiger partial charge in [0.25, 0.3) is 5.69 Å². The zero-order valence-corrected chi connectivity index (χ0v) is 11.3. The van der Waals surface area contributed by atoms with Crippen molar-refractivity contribution in [1.82, 2.24) is 15.0 Å². The molecule has 0 aliphatic rings. The highest BCUT2D eigenvalue weighted by atomic mass is 16.6. The molecule has 0 radical (unpaired) electrons. The van der Waals surface area contributed by atoms with E-state index in [1.165, 1.54) is 12.1 Å². The van der Waals surface area contributed by atoms with E-state index in [2.05, 4.69) is 17.2 Å². The van der Waals surface area contributed by atoms with Crippen molar-refractivity contribution in [3.8, 4) is 0 Å². The maximum absolute atomic E-state index is 10.7. The number of rotatable bonds is 6. The van der Waals surface area contributed by atoms with Crippen molar-refractivity contribution in [3.63, 3.8) is 0 Å². The summed E-state index contributed by atoms with van der Waals surface area (Å²) in [5.41, 5.74) is 7.60. The Morgan fingerprint density at radius 3 is 3.00 bits per heavy atom. The summed E-state index contributed by atoms with van der Waals surface area (Å²) < 4.78 is 1.64. The van der Waals surface area contributed by atoms with Gasteiger partial charge in [-0.1, -0.05) is 30.7 Å². The lowest BCUT2D eigenvalue weighted by Crippen LogP contribution is -2.10. The lowest BCUT2D eigenvalue weighted by molar-refractivity contribution is -0.384. The number of non-ortho nitro benzene ring substituents is 1. The van der Waals surface area contributed by atoms with Crippen LogP contribution in [0.1, 0.15) is 37.1 Å². The predicted octanol–water partition coefficient (Wildman–Crippen LogP) is 2.03. The maximum Gasteiger partial charge on any atom is 0.269 e. The second kappa shape index (κ2) is 6.25. The van der Waals surface area contributed by atoms with E-state index in [1.807, 2.05) is 6.07 Å². The van der Waals surface area contributed by atoms with Gasteiger partial charge in [-0.15, -0.1) is 5.10 Å². The van der Waals surface area contributed by atoms with E-state index in [4.69, 9.17) is 5.73 Å². The Morgan fingerprint density at radius 1 is 1.50 bits per heavy atom. The molecule has 0 amide bonds. The molecule has 0 spiro atoms. The normalized spacial score (nSPS) is 12.3. The van der Waals surface area contributed by atoms with Crippen molar-refractivity contribution in [3.05, 3.63) is 51.8 Å². The first kappa shape index (κ1) is 14.1. The topological polar surface area (TPSA) is 99.9 Å². The van der Waals surface area contributed by atoms with Gasteiger partial charge in [0.05, 0.1) is 29.4 Å². The van der Waals surface area contributed by atoms with Gasteiger partial charge < -0.3 is 5.73 Å². The van der Waals surface area contributed by atoms with Crippen molar-refractivity contribution in [2.45, 2.75) is 32.4 Å². The summed E-state index contributed by atoms with van der Waals surface area (Å²) in [5.74, 6) is 0. The number of nitrogens with zero attached hydrogens (tertiary/aromatic N) is 4. The van der Waals surface area contributed by atoms with Crippen LogP contribution in [-0.4, -0.2) is 19.9 Å². The summed E-state index contributed by atoms with van der Waals surface area (Å²) in [6.45, 7) is 2.50. The Balaban J connectivity index is 2.10. The number of hydrogen-bond donors (Lipinski definition) is 1. The van der Waals surface area contributed by atoms with E-state index in [0.717, 1.165) is 24.1 Å². The molecule has 106 valence electrons. The van der Waals surface area contributed by atoms with Crippen LogP contribution >= 0.6 is 0 Å². The lowest BCUT2D eigenvalue weighted by Gasteiger charge is -2.04. The molecule has 0 saturated carbocycles. The zero-order chi connectivity index (χ0) is 14.5. The molecule has 2 N–H and O–H groups in total. The first-order chi connectivity index (χ1) is 9.60. The second-order valence-corrected chi connectivity index (χ2v) is 4.66. The smallest absolute Gasteiger partial charge is 0.269 e. The van der Waals surface area contributed by atoms with Gasteiger partial charge in [-0.2, -0.15) is 0 Å². The van der Waals surface area contributed by atoms with E-state index in [1.54, 1.807) is 16.9 Å². The Morgan fingerprint density at radius 2 is 2.30 bits per heavy atom. The van der Waals surface area contributed by atoms with E-state index >= 15 is 0 Å². The van der Waals surface area contributed by atoms with Crippen LogP contribution in [0.3, 0.4) is 0 Å². The minimum absolute atomic E-state index is 0.0746. The number of nitro groups is 1. The molecule has 1 atom stereocenters. The first-order valence-corrected chi connectivity index (χ1v) is 6.49. The third kappa shape index (κ3) is 3.39. The van der Waals surface area contributed by atoms with Crippen LogP contribution in [-0.2, 0) is 6.54 Å². The fraction of sp³-hybridized carbons (Fsp3) is 0.385. The van der Waals surface area contributed by atoms with Crippen LogP contribution < -0.4 is 5.73 Å². The summed E-state index contributed by atoms with van der Waals surface area (Å²) in [4.78, 5) is 10.3. The van der Waals surface area contributed by atoms with Crippen LogP contribution in [0.4, 0.5) is 5.69 Å². The molecule has 0 aliphatic heterocycles. The molecule has 1 aromatic carbocycles. The Labute approximate surface area is 116 Å². The average molecular weight is 275 g/mol. The van der Waals surface area contributed by atoms with Crippen molar-refractivity contribution >= 4 is 5.69 Å². The van der Waals surface area contributed by atoms with E-state index in [-0.39, 0.29) is 11.7 Å². The molecular weight excluding hydrogens is 258 g/mol. The minimum Gasteiger partial charge on any atom is -0.323 e. The highest BCUT2D eigenvalue weighted by molar-refractivity contribution is 5.34. The monoisotopic (exact) mass is 275 g/mol. The fourth-order valence-corrected chi connectivity index (χ4v) is 1.97. The highest BCUT2D eigenvalue weighted by Crippen LogP contribution is 2.15. The van der Waals surface area contributed by atoms with Gasteiger partial charge in [-0.05, 0) is 12.0 Å². The Kier molecular flexibility index (Phi) is 4.41. The largest absolute Gasteiger partial charge is 0.323 e. The van der Waals surface area contributed by atoms with Crippen LogP contribution in [0, 0.1) is 10.1 Å². The number of benzene rings is 1. The maximum atomic E-state index is 10.7. The third-order valence-electron chi connectivity index (χ3n) is 3.00. The quantitative estimate of drug-likeness (QED) is 0.642. The molecule has 7 nitrogen and oxygen atoms in total. The number of nitrogens with two attached hydrogens (primary N) is 1. The molecule has 1 aromatic heterocycles. The number of hydrogen-bond acceptors (Lipinski definition) is 5. The SMILES string of the molecule is CCCC(N)c1cn(Cc2cccc([N+](=O)[O-])c2)nn1. The molecule has 7 heteroatoms. The van der Waals surface area contributed by atoms with Crippen LogP contribution in [0.5, 0.6) is 0 Å². The van der Waals surface area contributed by atoms with Crippen LogP contribution in [0.25, 0.3) is 0 Å². The Bertz CT molecular complexity index is 596. The lowest BCUT2D eigenvalue weighted by atomic mass is 10.1. The van der Waals surface area contributed by atoms with Gasteiger partial charge in [0.2, 0.25) is 0 Å². The second-order valence-electron chi connectivity index (χ2n) is 4.66. The van der Waals surface area contributed by atoms with E-state index in [9.17, 15) is 10.1 Å². The van der Waals surface area contributed by atoms with Crippen molar-refractivity contribution in [2.24, 2.45) is 5.73 Å². The highest BCUT2D eigenvalue weighted by Gasteiger charge is 2.11. The van der Waals surface area contributed by atoms with Gasteiger partial charge in [-0.3, -0.25) is 10.1 Å². The zero-order valence-electron chi connectivity index (χ0n) is 11.3. The van der Waals surface area contributed by atoms with Crippen molar-refractivity contribution in [2.75, 3.05) is 0 Å².